The Balaban J connectivity index is 4.07. The molecular formula is C13H28N2O2. The van der Waals surface area contributed by atoms with Gasteiger partial charge in [0, 0.05) is 13.1 Å². The number of ether oxygens (including phenoxy) is 1. The Morgan fingerprint density at radius 2 is 1.65 bits per heavy atom. The van der Waals surface area contributed by atoms with Crippen molar-refractivity contribution in [1.82, 2.24) is 9.80 Å². The van der Waals surface area contributed by atoms with Crippen LogP contribution in [-0.2, 0) is 9.53 Å². The summed E-state index contributed by atoms with van der Waals surface area (Å²) in [6.45, 7) is 11.2. The summed E-state index contributed by atoms with van der Waals surface area (Å²) in [6.07, 6.45) is 0.151. The third kappa shape index (κ3) is 6.64. The minimum absolute atomic E-state index is 0.0978. The molecule has 0 spiro atoms. The molecule has 102 valence electrons. The zero-order valence-corrected chi connectivity index (χ0v) is 12.4. The molecule has 1 atom stereocenters. The Morgan fingerprint density at radius 1 is 1.12 bits per heavy atom. The third-order valence-electron chi connectivity index (χ3n) is 3.07. The van der Waals surface area contributed by atoms with Crippen molar-refractivity contribution in [2.75, 3.05) is 27.4 Å². The molecule has 0 heterocycles. The molecular weight excluding hydrogens is 216 g/mol. The van der Waals surface area contributed by atoms with Gasteiger partial charge in [0.2, 0.25) is 5.91 Å². The van der Waals surface area contributed by atoms with E-state index < -0.39 is 0 Å². The van der Waals surface area contributed by atoms with E-state index in [0.29, 0.717) is 25.2 Å². The number of carbonyl (C=O) groups excluding carboxylic acids is 1. The first-order chi connectivity index (χ1) is 7.75. The Bertz CT molecular complexity index is 229. The summed E-state index contributed by atoms with van der Waals surface area (Å²) in [7, 11) is 3.76. The van der Waals surface area contributed by atoms with Crippen LogP contribution >= 0.6 is 0 Å². The van der Waals surface area contributed by atoms with E-state index in [-0.39, 0.29) is 12.0 Å². The van der Waals surface area contributed by atoms with Gasteiger partial charge in [-0.3, -0.25) is 9.69 Å². The van der Waals surface area contributed by atoms with Gasteiger partial charge in [-0.2, -0.15) is 0 Å². The van der Waals surface area contributed by atoms with Crippen LogP contribution in [0.2, 0.25) is 0 Å². The van der Waals surface area contributed by atoms with Gasteiger partial charge in [0.15, 0.2) is 0 Å². The number of carbonyl (C=O) groups is 1. The molecule has 0 saturated carbocycles. The highest BCUT2D eigenvalue weighted by molar-refractivity contribution is 5.77. The predicted molar refractivity (Wildman–Crippen MR) is 70.8 cm³/mol. The maximum atomic E-state index is 11.9. The van der Waals surface area contributed by atoms with E-state index in [9.17, 15) is 4.79 Å². The van der Waals surface area contributed by atoms with Gasteiger partial charge in [-0.15, -0.1) is 0 Å². The van der Waals surface area contributed by atoms with E-state index in [0.717, 1.165) is 0 Å². The summed E-state index contributed by atoms with van der Waals surface area (Å²) >= 11 is 0. The minimum Gasteiger partial charge on any atom is -0.358 e. The highest BCUT2D eigenvalue weighted by Crippen LogP contribution is 2.07. The molecule has 0 N–H and O–H groups in total. The molecule has 0 aromatic carbocycles. The van der Waals surface area contributed by atoms with Crippen molar-refractivity contribution >= 4 is 5.91 Å². The van der Waals surface area contributed by atoms with E-state index in [2.05, 4.69) is 25.7 Å². The van der Waals surface area contributed by atoms with E-state index in [1.807, 2.05) is 20.9 Å². The quantitative estimate of drug-likeness (QED) is 0.640. The molecule has 0 saturated heterocycles. The number of rotatable bonds is 7. The van der Waals surface area contributed by atoms with Gasteiger partial charge in [-0.1, -0.05) is 13.8 Å². The molecule has 0 aliphatic rings. The smallest absolute Gasteiger partial charge is 0.238 e. The zero-order valence-electron chi connectivity index (χ0n) is 12.4. The van der Waals surface area contributed by atoms with Gasteiger partial charge in [0.25, 0.3) is 0 Å². The molecule has 4 heteroatoms. The molecule has 0 aromatic heterocycles. The van der Waals surface area contributed by atoms with E-state index >= 15 is 0 Å². The first-order valence-corrected chi connectivity index (χ1v) is 6.31. The SMILES string of the molecule is CC(C)OCN(C)C(=O)CN(C)C(C)C(C)C. The number of hydrogen-bond donors (Lipinski definition) is 0. The van der Waals surface area contributed by atoms with Crippen LogP contribution in [-0.4, -0.2) is 55.2 Å². The summed E-state index contributed by atoms with van der Waals surface area (Å²) in [4.78, 5) is 15.6. The molecule has 4 nitrogen and oxygen atoms in total. The normalized spacial score (nSPS) is 13.5. The van der Waals surface area contributed by atoms with Crippen molar-refractivity contribution in [2.45, 2.75) is 46.8 Å². The molecule has 17 heavy (non-hydrogen) atoms. The topological polar surface area (TPSA) is 32.8 Å². The molecule has 0 rings (SSSR count). The fourth-order valence-corrected chi connectivity index (χ4v) is 1.32. The zero-order chi connectivity index (χ0) is 13.6. The van der Waals surface area contributed by atoms with Crippen molar-refractivity contribution in [3.05, 3.63) is 0 Å². The molecule has 0 radical (unpaired) electrons. The largest absolute Gasteiger partial charge is 0.358 e. The van der Waals surface area contributed by atoms with Crippen LogP contribution in [0.5, 0.6) is 0 Å². The molecule has 0 aliphatic carbocycles. The van der Waals surface area contributed by atoms with Crippen LogP contribution in [0.15, 0.2) is 0 Å². The highest BCUT2D eigenvalue weighted by Gasteiger charge is 2.18. The van der Waals surface area contributed by atoms with Gasteiger partial charge >= 0.3 is 0 Å². The van der Waals surface area contributed by atoms with Gasteiger partial charge in [-0.25, -0.2) is 0 Å². The minimum atomic E-state index is 0.0978. The fourth-order valence-electron chi connectivity index (χ4n) is 1.32. The van der Waals surface area contributed by atoms with Crippen molar-refractivity contribution in [3.63, 3.8) is 0 Å². The number of nitrogens with zero attached hydrogens (tertiary/aromatic N) is 2. The molecule has 1 unspecified atom stereocenters. The van der Waals surface area contributed by atoms with Gasteiger partial charge in [-0.05, 0) is 33.7 Å². The molecule has 0 fully saturated rings. The first kappa shape index (κ1) is 16.4. The van der Waals surface area contributed by atoms with Crippen LogP contribution in [0.1, 0.15) is 34.6 Å². The monoisotopic (exact) mass is 244 g/mol. The van der Waals surface area contributed by atoms with Crippen molar-refractivity contribution in [1.29, 1.82) is 0 Å². The third-order valence-corrected chi connectivity index (χ3v) is 3.07. The van der Waals surface area contributed by atoms with Crippen molar-refractivity contribution in [3.8, 4) is 0 Å². The van der Waals surface area contributed by atoms with Crippen molar-refractivity contribution < 1.29 is 9.53 Å². The van der Waals surface area contributed by atoms with Gasteiger partial charge in [0.05, 0.1) is 12.6 Å². The second kappa shape index (κ2) is 7.67. The van der Waals surface area contributed by atoms with Crippen LogP contribution in [0.3, 0.4) is 0 Å². The summed E-state index contributed by atoms with van der Waals surface area (Å²) in [6, 6.07) is 0.401. The van der Waals surface area contributed by atoms with E-state index in [1.54, 1.807) is 11.9 Å². The number of likely N-dealkylation sites (N-methyl/N-ethyl adjacent to an activating group) is 2. The average molecular weight is 244 g/mol. The number of hydrogen-bond acceptors (Lipinski definition) is 3. The summed E-state index contributed by atoms with van der Waals surface area (Å²) in [5.41, 5.74) is 0. The average Bonchev–Trinajstić information content (AvgIpc) is 2.24. The molecule has 0 aliphatic heterocycles. The lowest BCUT2D eigenvalue weighted by Gasteiger charge is -2.29. The van der Waals surface area contributed by atoms with Crippen LogP contribution in [0, 0.1) is 5.92 Å². The van der Waals surface area contributed by atoms with Crippen LogP contribution in [0.25, 0.3) is 0 Å². The van der Waals surface area contributed by atoms with E-state index in [1.165, 1.54) is 0 Å². The number of amides is 1. The first-order valence-electron chi connectivity index (χ1n) is 6.31. The van der Waals surface area contributed by atoms with Crippen LogP contribution < -0.4 is 0 Å². The summed E-state index contributed by atoms with van der Waals surface area (Å²) in [5, 5.41) is 0. The van der Waals surface area contributed by atoms with Crippen molar-refractivity contribution in [2.24, 2.45) is 5.92 Å². The lowest BCUT2D eigenvalue weighted by atomic mass is 10.1. The Kier molecular flexibility index (Phi) is 7.39. The second-order valence-electron chi connectivity index (χ2n) is 5.34. The predicted octanol–water partition coefficient (Wildman–Crippen LogP) is 1.80. The standard InChI is InChI=1S/C13H28N2O2/c1-10(2)12(5)14(6)8-13(16)15(7)9-17-11(3)4/h10-12H,8-9H2,1-7H3. The second-order valence-corrected chi connectivity index (χ2v) is 5.34. The Labute approximate surface area is 106 Å². The summed E-state index contributed by atoms with van der Waals surface area (Å²) in [5.74, 6) is 0.644. The lowest BCUT2D eigenvalue weighted by Crippen LogP contribution is -2.42. The molecule has 1 amide bonds. The molecule has 0 aromatic rings. The Hall–Kier alpha value is -0.610. The van der Waals surface area contributed by atoms with Gasteiger partial charge < -0.3 is 9.64 Å². The summed E-state index contributed by atoms with van der Waals surface area (Å²) < 4.78 is 5.40. The maximum absolute atomic E-state index is 11.9. The Morgan fingerprint density at radius 3 is 2.06 bits per heavy atom. The maximum Gasteiger partial charge on any atom is 0.238 e. The fraction of sp³-hybridized carbons (Fsp3) is 0.923. The van der Waals surface area contributed by atoms with Crippen LogP contribution in [0.4, 0.5) is 0 Å². The highest BCUT2D eigenvalue weighted by atomic mass is 16.5. The molecule has 0 bridgehead atoms. The van der Waals surface area contributed by atoms with Gasteiger partial charge in [0.1, 0.15) is 6.73 Å². The van der Waals surface area contributed by atoms with E-state index in [4.69, 9.17) is 4.74 Å². The lowest BCUT2D eigenvalue weighted by molar-refractivity contribution is -0.137.